The second kappa shape index (κ2) is 51.7. The zero-order chi connectivity index (χ0) is 52.9. The van der Waals surface area contributed by atoms with Gasteiger partial charge in [0.25, 0.3) is 0 Å². The monoisotopic (exact) mass is 1030 g/mol. The van der Waals surface area contributed by atoms with Crippen molar-refractivity contribution in [2.75, 3.05) is 40.9 Å². The summed E-state index contributed by atoms with van der Waals surface area (Å²) in [6.07, 6.45) is 67.3. The highest BCUT2D eigenvalue weighted by Gasteiger charge is 2.30. The van der Waals surface area contributed by atoms with Crippen LogP contribution in [0.2, 0.25) is 0 Å². The van der Waals surface area contributed by atoms with E-state index in [1.165, 1.54) is 128 Å². The molecule has 0 aromatic heterocycles. The maximum absolute atomic E-state index is 13.5. The number of rotatable bonds is 52. The van der Waals surface area contributed by atoms with Gasteiger partial charge in [-0.05, 0) is 70.3 Å². The molecule has 2 N–H and O–H groups in total. The second-order valence-electron chi connectivity index (χ2n) is 20.8. The lowest BCUT2D eigenvalue weighted by Crippen LogP contribution is -2.47. The Labute approximate surface area is 444 Å². The van der Waals surface area contributed by atoms with Crippen molar-refractivity contribution in [2.45, 2.75) is 258 Å². The average molecular weight is 1030 g/mol. The number of phosphoric ester groups is 1. The largest absolute Gasteiger partial charge is 0.472 e. The van der Waals surface area contributed by atoms with Gasteiger partial charge in [-0.25, -0.2) is 4.57 Å². The quantitative estimate of drug-likeness (QED) is 0.0205. The highest BCUT2D eigenvalue weighted by atomic mass is 31.2. The van der Waals surface area contributed by atoms with Crippen LogP contribution in [0.3, 0.4) is 0 Å². The summed E-state index contributed by atoms with van der Waals surface area (Å²) in [6, 6.07) is -0.880. The summed E-state index contributed by atoms with van der Waals surface area (Å²) in [5.41, 5.74) is 0. The number of hydrogen-bond donors (Lipinski definition) is 2. The molecule has 416 valence electrons. The summed E-state index contributed by atoms with van der Waals surface area (Å²) < 4.78 is 30.6. The topological polar surface area (TPSA) is 111 Å². The van der Waals surface area contributed by atoms with Crippen molar-refractivity contribution < 1.29 is 37.3 Å². The van der Waals surface area contributed by atoms with Crippen LogP contribution < -0.4 is 5.32 Å². The fourth-order valence-electron chi connectivity index (χ4n) is 8.08. The summed E-state index contributed by atoms with van der Waals surface area (Å²) >= 11 is 0. The van der Waals surface area contributed by atoms with Gasteiger partial charge in [0.05, 0.1) is 33.8 Å². The first-order valence-corrected chi connectivity index (χ1v) is 30.9. The number of amides is 1. The Kier molecular flexibility index (Phi) is 49.6. The van der Waals surface area contributed by atoms with Gasteiger partial charge in [0, 0.05) is 12.8 Å². The predicted molar refractivity (Wildman–Crippen MR) is 309 cm³/mol. The molecule has 0 aliphatic carbocycles. The molecule has 0 saturated carbocycles. The Morgan fingerprint density at radius 3 is 1.33 bits per heavy atom. The number of unbranched alkanes of at least 4 members (excludes halogenated alkanes) is 24. The molecule has 3 unspecified atom stereocenters. The van der Waals surface area contributed by atoms with E-state index in [0.29, 0.717) is 23.9 Å². The number of nitrogens with zero attached hydrogens (tertiary/aromatic N) is 1. The average Bonchev–Trinajstić information content (AvgIpc) is 3.34. The number of hydrogen-bond acceptors (Lipinski definition) is 6. The first kappa shape index (κ1) is 69.2. The molecule has 0 aromatic carbocycles. The van der Waals surface area contributed by atoms with E-state index in [-0.39, 0.29) is 25.5 Å². The molecule has 0 aromatic rings. The fraction of sp³-hybridized carbons (Fsp3) is 0.742. The van der Waals surface area contributed by atoms with E-state index in [1.807, 2.05) is 39.4 Å². The van der Waals surface area contributed by atoms with Crippen molar-refractivity contribution in [1.29, 1.82) is 0 Å². The zero-order valence-corrected chi connectivity index (χ0v) is 48.3. The lowest BCUT2D eigenvalue weighted by molar-refractivity contribution is -0.870. The molecule has 3 atom stereocenters. The van der Waals surface area contributed by atoms with Gasteiger partial charge in [0.2, 0.25) is 5.91 Å². The Bertz CT molecular complexity index is 1510. The van der Waals surface area contributed by atoms with Crippen molar-refractivity contribution in [2.24, 2.45) is 0 Å². The van der Waals surface area contributed by atoms with Crippen molar-refractivity contribution >= 4 is 19.7 Å². The molecule has 0 bridgehead atoms. The number of allylic oxidation sites excluding steroid dienone is 13. The molecule has 0 heterocycles. The van der Waals surface area contributed by atoms with E-state index in [4.69, 9.17) is 13.8 Å². The number of phosphoric acid groups is 1. The Balaban J connectivity index is 5.47. The number of likely N-dealkylation sites (N-methyl/N-ethyl adjacent to an activating group) is 1. The zero-order valence-electron chi connectivity index (χ0n) is 47.4. The lowest BCUT2D eigenvalue weighted by Gasteiger charge is -2.27. The molecule has 0 saturated heterocycles. The molecule has 0 spiro atoms. The Morgan fingerprint density at radius 1 is 0.500 bits per heavy atom. The molecule has 1 amide bonds. The van der Waals surface area contributed by atoms with Gasteiger partial charge in [-0.3, -0.25) is 18.6 Å². The highest BCUT2D eigenvalue weighted by molar-refractivity contribution is 7.47. The SMILES string of the molecule is CC/C=C\C/C=C\C/C=C\C/C=C\C/C=C\C/C=C\CCC(=O)OC(/C=C/CCCCCCCCCCCCC)C(COP(=O)(O)OCC[N+](C)(C)C)NC(=O)CCCCCCCCCCCCCCCC. The second-order valence-corrected chi connectivity index (χ2v) is 22.2. The van der Waals surface area contributed by atoms with Crippen LogP contribution >= 0.6 is 7.82 Å². The molecule has 0 aliphatic heterocycles. The van der Waals surface area contributed by atoms with Crippen molar-refractivity contribution in [1.82, 2.24) is 5.32 Å². The number of quaternary nitrogens is 1. The standard InChI is InChI=1S/C62H111N2O7P/c1-7-10-13-16-19-22-25-28-30-31-32-33-34-37-40-43-46-49-52-55-62(66)71-60(53-50-47-44-41-38-35-27-24-21-18-15-12-9-3)59(58-70-72(67,68)69-57-56-64(4,5)6)63-61(65)54-51-48-45-42-39-36-29-26-23-20-17-14-11-8-2/h10,13,19,22,28,30,32-33,37,40,46,49-50,53,59-60H,7-9,11-12,14-18,20-21,23-27,29,31,34-36,38-39,41-45,47-48,51-52,54-58H2,1-6H3,(H-,63,65,67,68)/p+1/b13-10-,22-19-,30-28-,33-32-,40-37-,49-46-,53-50+. The minimum atomic E-state index is -4.46. The first-order chi connectivity index (χ1) is 34.9. The smallest absolute Gasteiger partial charge is 0.456 e. The van der Waals surface area contributed by atoms with Crippen LogP contribution in [0.25, 0.3) is 0 Å². The van der Waals surface area contributed by atoms with Gasteiger partial charge in [-0.15, -0.1) is 0 Å². The van der Waals surface area contributed by atoms with Crippen LogP contribution in [0, 0.1) is 0 Å². The highest BCUT2D eigenvalue weighted by Crippen LogP contribution is 2.43. The van der Waals surface area contributed by atoms with Crippen molar-refractivity contribution in [3.8, 4) is 0 Å². The van der Waals surface area contributed by atoms with E-state index in [0.717, 1.165) is 77.0 Å². The molecule has 10 heteroatoms. The first-order valence-electron chi connectivity index (χ1n) is 29.4. The molecule has 0 aliphatic rings. The van der Waals surface area contributed by atoms with Crippen LogP contribution in [0.5, 0.6) is 0 Å². The van der Waals surface area contributed by atoms with Crippen LogP contribution in [0.15, 0.2) is 85.1 Å². The molecule has 0 rings (SSSR count). The number of carbonyl (C=O) groups excluding carboxylic acids is 2. The van der Waals surface area contributed by atoms with Gasteiger partial charge >= 0.3 is 13.8 Å². The van der Waals surface area contributed by atoms with Crippen LogP contribution in [0.1, 0.15) is 245 Å². The maximum Gasteiger partial charge on any atom is 0.472 e. The van der Waals surface area contributed by atoms with Gasteiger partial charge in [0.15, 0.2) is 0 Å². The minimum absolute atomic E-state index is 0.0271. The van der Waals surface area contributed by atoms with E-state index in [2.05, 4.69) is 92.9 Å². The van der Waals surface area contributed by atoms with Crippen LogP contribution in [-0.4, -0.2) is 74.3 Å². The van der Waals surface area contributed by atoms with Crippen molar-refractivity contribution in [3.05, 3.63) is 85.1 Å². The maximum atomic E-state index is 13.5. The molecule has 0 fully saturated rings. The Morgan fingerprint density at radius 2 is 0.903 bits per heavy atom. The normalized spacial score (nSPS) is 14.4. The molecular weight excluding hydrogens is 916 g/mol. The van der Waals surface area contributed by atoms with Gasteiger partial charge in [-0.2, -0.15) is 0 Å². The van der Waals surface area contributed by atoms with E-state index in [9.17, 15) is 19.0 Å². The van der Waals surface area contributed by atoms with Gasteiger partial charge in [-0.1, -0.05) is 247 Å². The number of carbonyl (C=O) groups is 2. The van der Waals surface area contributed by atoms with Crippen LogP contribution in [-0.2, 0) is 27.9 Å². The number of ether oxygens (including phenoxy) is 1. The molecule has 0 radical (unpaired) electrons. The number of esters is 1. The molecule has 9 nitrogen and oxygen atoms in total. The summed E-state index contributed by atoms with van der Waals surface area (Å²) in [5.74, 6) is -0.601. The third kappa shape index (κ3) is 52.1. The third-order valence-corrected chi connectivity index (χ3v) is 13.6. The Hall–Kier alpha value is -2.81. The summed E-state index contributed by atoms with van der Waals surface area (Å²) in [5, 5.41) is 3.03. The van der Waals surface area contributed by atoms with Crippen LogP contribution in [0.4, 0.5) is 0 Å². The van der Waals surface area contributed by atoms with E-state index >= 15 is 0 Å². The summed E-state index contributed by atoms with van der Waals surface area (Å²) in [4.78, 5) is 37.6. The van der Waals surface area contributed by atoms with E-state index < -0.39 is 25.9 Å². The molecule has 72 heavy (non-hydrogen) atoms. The lowest BCUT2D eigenvalue weighted by atomic mass is 10.0. The summed E-state index contributed by atoms with van der Waals surface area (Å²) in [7, 11) is 1.45. The number of nitrogens with one attached hydrogen (secondary N) is 1. The fourth-order valence-corrected chi connectivity index (χ4v) is 8.82. The molecular formula is C62H112N2O7P+. The summed E-state index contributed by atoms with van der Waals surface area (Å²) in [6.45, 7) is 6.85. The minimum Gasteiger partial charge on any atom is -0.456 e. The van der Waals surface area contributed by atoms with Gasteiger partial charge < -0.3 is 19.4 Å². The van der Waals surface area contributed by atoms with Gasteiger partial charge in [0.1, 0.15) is 19.3 Å². The predicted octanol–water partition coefficient (Wildman–Crippen LogP) is 17.8. The van der Waals surface area contributed by atoms with Crippen molar-refractivity contribution in [3.63, 3.8) is 0 Å². The third-order valence-electron chi connectivity index (χ3n) is 12.6. The van der Waals surface area contributed by atoms with E-state index in [1.54, 1.807) is 0 Å².